The van der Waals surface area contributed by atoms with Gasteiger partial charge in [-0.3, -0.25) is 0 Å². The fraction of sp³-hybridized carbons (Fsp3) is 0.286. The summed E-state index contributed by atoms with van der Waals surface area (Å²) in [6, 6.07) is 6.21. The van der Waals surface area contributed by atoms with E-state index in [9.17, 15) is 17.2 Å². The van der Waals surface area contributed by atoms with Gasteiger partial charge >= 0.3 is 0 Å². The van der Waals surface area contributed by atoms with Crippen molar-refractivity contribution in [3.8, 4) is 0 Å². The van der Waals surface area contributed by atoms with Crippen LogP contribution in [0, 0.1) is 18.6 Å². The zero-order chi connectivity index (χ0) is 16.3. The van der Waals surface area contributed by atoms with Crippen molar-refractivity contribution in [3.63, 3.8) is 0 Å². The molecule has 0 fully saturated rings. The van der Waals surface area contributed by atoms with Gasteiger partial charge in [0.2, 0.25) is 10.0 Å². The Kier molecular flexibility index (Phi) is 5.28. The number of ether oxygens (including phenoxy) is 1. The molecule has 1 heterocycles. The molecule has 0 bridgehead atoms. The number of thiophene rings is 1. The first-order valence-electron chi connectivity index (χ1n) is 6.37. The van der Waals surface area contributed by atoms with E-state index in [4.69, 9.17) is 4.74 Å². The standard InChI is InChI=1S/C14H15F2NO3S2/c1-9-3-6-14(21-9)13(20-2)8-17-22(18,19)10-4-5-11(15)12(16)7-10/h3-7,13,17H,8H2,1-2H3. The number of nitrogens with one attached hydrogen (secondary N) is 1. The molecule has 0 saturated carbocycles. The Labute approximate surface area is 131 Å². The molecule has 0 radical (unpaired) electrons. The summed E-state index contributed by atoms with van der Waals surface area (Å²) in [4.78, 5) is 1.64. The van der Waals surface area contributed by atoms with E-state index in [0.717, 1.165) is 21.9 Å². The molecule has 0 saturated heterocycles. The normalized spacial score (nSPS) is 13.3. The van der Waals surface area contributed by atoms with Gasteiger partial charge in [-0.1, -0.05) is 0 Å². The number of halogens is 2. The number of hydrogen-bond acceptors (Lipinski definition) is 4. The van der Waals surface area contributed by atoms with Crippen molar-refractivity contribution in [1.29, 1.82) is 0 Å². The van der Waals surface area contributed by atoms with Crippen molar-refractivity contribution in [1.82, 2.24) is 4.72 Å². The maximum absolute atomic E-state index is 13.2. The van der Waals surface area contributed by atoms with Crippen molar-refractivity contribution >= 4 is 21.4 Å². The van der Waals surface area contributed by atoms with E-state index in [1.807, 2.05) is 19.1 Å². The van der Waals surface area contributed by atoms with Crippen LogP contribution >= 0.6 is 11.3 Å². The fourth-order valence-corrected chi connectivity index (χ4v) is 3.84. The Morgan fingerprint density at radius 2 is 1.95 bits per heavy atom. The first kappa shape index (κ1) is 17.0. The number of benzene rings is 1. The maximum atomic E-state index is 13.2. The van der Waals surface area contributed by atoms with Crippen LogP contribution in [-0.2, 0) is 14.8 Å². The van der Waals surface area contributed by atoms with Crippen LogP contribution in [0.2, 0.25) is 0 Å². The second-order valence-corrected chi connectivity index (χ2v) is 7.69. The molecule has 0 amide bonds. The summed E-state index contributed by atoms with van der Waals surface area (Å²) in [5.74, 6) is -2.30. The molecule has 1 aromatic carbocycles. The molecule has 1 aromatic heterocycles. The minimum atomic E-state index is -3.94. The van der Waals surface area contributed by atoms with E-state index < -0.39 is 27.8 Å². The van der Waals surface area contributed by atoms with Crippen LogP contribution in [0.15, 0.2) is 35.2 Å². The highest BCUT2D eigenvalue weighted by Gasteiger charge is 2.20. The second kappa shape index (κ2) is 6.82. The van der Waals surface area contributed by atoms with Gasteiger partial charge in [0.1, 0.15) is 6.10 Å². The first-order valence-corrected chi connectivity index (χ1v) is 8.67. The molecule has 2 aromatic rings. The number of methoxy groups -OCH3 is 1. The SMILES string of the molecule is COC(CNS(=O)(=O)c1ccc(F)c(F)c1)c1ccc(C)s1. The van der Waals surface area contributed by atoms with Crippen LogP contribution in [0.5, 0.6) is 0 Å². The molecule has 0 aliphatic carbocycles. The van der Waals surface area contributed by atoms with E-state index >= 15 is 0 Å². The molecule has 1 N–H and O–H groups in total. The molecule has 22 heavy (non-hydrogen) atoms. The highest BCUT2D eigenvalue weighted by Crippen LogP contribution is 2.25. The van der Waals surface area contributed by atoms with Crippen LogP contribution in [-0.4, -0.2) is 22.1 Å². The van der Waals surface area contributed by atoms with Gasteiger partial charge < -0.3 is 4.74 Å². The van der Waals surface area contributed by atoms with Crippen molar-refractivity contribution in [2.75, 3.05) is 13.7 Å². The van der Waals surface area contributed by atoms with Gasteiger partial charge in [0.15, 0.2) is 11.6 Å². The van der Waals surface area contributed by atoms with Gasteiger partial charge in [0, 0.05) is 23.4 Å². The second-order valence-electron chi connectivity index (χ2n) is 4.60. The molecule has 0 spiro atoms. The van der Waals surface area contributed by atoms with E-state index in [1.165, 1.54) is 18.4 Å². The Hall–Kier alpha value is -1.35. The van der Waals surface area contributed by atoms with Crippen LogP contribution in [0.25, 0.3) is 0 Å². The molecule has 8 heteroatoms. The summed E-state index contributed by atoms with van der Waals surface area (Å²) in [5, 5.41) is 0. The number of aryl methyl sites for hydroxylation is 1. The lowest BCUT2D eigenvalue weighted by molar-refractivity contribution is 0.110. The van der Waals surface area contributed by atoms with Gasteiger partial charge in [0.25, 0.3) is 0 Å². The maximum Gasteiger partial charge on any atom is 0.240 e. The lowest BCUT2D eigenvalue weighted by Gasteiger charge is -2.15. The third-order valence-corrected chi connectivity index (χ3v) is 5.54. The molecule has 2 rings (SSSR count). The molecule has 0 aliphatic heterocycles. The molecular weight excluding hydrogens is 332 g/mol. The molecular formula is C14H15F2NO3S2. The molecule has 1 atom stereocenters. The van der Waals surface area contributed by atoms with Gasteiger partial charge in [-0.05, 0) is 37.3 Å². The van der Waals surface area contributed by atoms with E-state index in [1.54, 1.807) is 0 Å². The van der Waals surface area contributed by atoms with Gasteiger partial charge in [-0.25, -0.2) is 21.9 Å². The summed E-state index contributed by atoms with van der Waals surface area (Å²) in [7, 11) is -2.46. The lowest BCUT2D eigenvalue weighted by Crippen LogP contribution is -2.29. The summed E-state index contributed by atoms with van der Waals surface area (Å²) < 4.78 is 57.8. The average molecular weight is 347 g/mol. The Morgan fingerprint density at radius 3 is 2.50 bits per heavy atom. The predicted molar refractivity (Wildman–Crippen MR) is 80.4 cm³/mol. The number of rotatable bonds is 6. The van der Waals surface area contributed by atoms with Crippen molar-refractivity contribution in [2.24, 2.45) is 0 Å². The largest absolute Gasteiger partial charge is 0.375 e. The van der Waals surface area contributed by atoms with Gasteiger partial charge in [-0.2, -0.15) is 0 Å². The third-order valence-electron chi connectivity index (χ3n) is 3.02. The van der Waals surface area contributed by atoms with Gasteiger partial charge in [0.05, 0.1) is 4.90 Å². The lowest BCUT2D eigenvalue weighted by atomic mass is 10.3. The Bertz CT molecular complexity index is 759. The first-order chi connectivity index (χ1) is 10.3. The van der Waals surface area contributed by atoms with E-state index in [-0.39, 0.29) is 11.4 Å². The van der Waals surface area contributed by atoms with E-state index in [2.05, 4.69) is 4.72 Å². The quantitative estimate of drug-likeness (QED) is 0.874. The van der Waals surface area contributed by atoms with Crippen molar-refractivity contribution in [2.45, 2.75) is 17.9 Å². The van der Waals surface area contributed by atoms with Crippen LogP contribution in [0.4, 0.5) is 8.78 Å². The number of hydrogen-bond donors (Lipinski definition) is 1. The van der Waals surface area contributed by atoms with Crippen LogP contribution < -0.4 is 4.72 Å². The summed E-state index contributed by atoms with van der Waals surface area (Å²) in [6.45, 7) is 1.93. The van der Waals surface area contributed by atoms with Crippen LogP contribution in [0.3, 0.4) is 0 Å². The van der Waals surface area contributed by atoms with Gasteiger partial charge in [-0.15, -0.1) is 11.3 Å². The number of sulfonamides is 1. The smallest absolute Gasteiger partial charge is 0.240 e. The average Bonchev–Trinajstić information content (AvgIpc) is 2.89. The minimum absolute atomic E-state index is 0.00220. The molecule has 1 unspecified atom stereocenters. The summed E-state index contributed by atoms with van der Waals surface area (Å²) in [5.41, 5.74) is 0. The summed E-state index contributed by atoms with van der Waals surface area (Å²) >= 11 is 1.50. The van der Waals surface area contributed by atoms with Crippen molar-refractivity contribution < 1.29 is 21.9 Å². The Morgan fingerprint density at radius 1 is 1.23 bits per heavy atom. The monoisotopic (exact) mass is 347 g/mol. The zero-order valence-electron chi connectivity index (χ0n) is 12.0. The highest BCUT2D eigenvalue weighted by molar-refractivity contribution is 7.89. The molecule has 0 aliphatic rings. The topological polar surface area (TPSA) is 55.4 Å². The molecule has 4 nitrogen and oxygen atoms in total. The Balaban J connectivity index is 2.12. The summed E-state index contributed by atoms with van der Waals surface area (Å²) in [6.07, 6.45) is -0.446. The minimum Gasteiger partial charge on any atom is -0.375 e. The van der Waals surface area contributed by atoms with E-state index in [0.29, 0.717) is 6.07 Å². The van der Waals surface area contributed by atoms with Crippen molar-refractivity contribution in [3.05, 3.63) is 51.7 Å². The zero-order valence-corrected chi connectivity index (χ0v) is 13.6. The third kappa shape index (κ3) is 3.89. The highest BCUT2D eigenvalue weighted by atomic mass is 32.2. The van der Waals surface area contributed by atoms with Crippen LogP contribution in [0.1, 0.15) is 15.9 Å². The predicted octanol–water partition coefficient (Wildman–Crippen LogP) is 3.00. The molecule has 120 valence electrons. The fourth-order valence-electron chi connectivity index (χ4n) is 1.84.